The molecule has 1 radical (unpaired) electrons. The monoisotopic (exact) mass is 135 g/mol. The predicted octanol–water partition coefficient (Wildman–Crippen LogP) is 0.168. The molecule has 1 aromatic rings. The molecule has 4 N–H and O–H groups in total. The highest BCUT2D eigenvalue weighted by atomic mass is 16.1. The van der Waals surface area contributed by atoms with Gasteiger partial charge in [-0.2, -0.15) is 0 Å². The van der Waals surface area contributed by atoms with Gasteiger partial charge in [0.2, 0.25) is 5.91 Å². The van der Waals surface area contributed by atoms with Crippen LogP contribution >= 0.6 is 0 Å². The van der Waals surface area contributed by atoms with Gasteiger partial charge in [-0.1, -0.05) is 6.07 Å². The number of benzene rings is 1. The first-order valence-electron chi connectivity index (χ1n) is 2.77. The van der Waals surface area contributed by atoms with Crippen LogP contribution in [0.15, 0.2) is 18.2 Å². The van der Waals surface area contributed by atoms with Gasteiger partial charge in [-0.3, -0.25) is 4.79 Å². The lowest BCUT2D eigenvalue weighted by molar-refractivity contribution is 0.100. The van der Waals surface area contributed by atoms with Crippen molar-refractivity contribution in [3.63, 3.8) is 0 Å². The minimum atomic E-state index is -0.472. The van der Waals surface area contributed by atoms with Crippen LogP contribution in [0.4, 0.5) is 5.69 Å². The third-order valence-corrected chi connectivity index (χ3v) is 1.11. The Bertz CT molecular complexity index is 258. The van der Waals surface area contributed by atoms with Gasteiger partial charge in [-0.15, -0.1) is 0 Å². The van der Waals surface area contributed by atoms with Crippen molar-refractivity contribution in [3.8, 4) is 0 Å². The molecule has 0 aliphatic heterocycles. The Morgan fingerprint density at radius 1 is 1.60 bits per heavy atom. The van der Waals surface area contributed by atoms with Gasteiger partial charge < -0.3 is 11.5 Å². The van der Waals surface area contributed by atoms with Crippen LogP contribution < -0.4 is 11.5 Å². The van der Waals surface area contributed by atoms with Crippen LogP contribution in [0.5, 0.6) is 0 Å². The van der Waals surface area contributed by atoms with E-state index in [1.54, 1.807) is 12.1 Å². The Labute approximate surface area is 58.6 Å². The number of hydrogen-bond donors (Lipinski definition) is 2. The van der Waals surface area contributed by atoms with Gasteiger partial charge in [-0.05, 0) is 12.1 Å². The highest BCUT2D eigenvalue weighted by Crippen LogP contribution is 2.03. The molecule has 1 rings (SSSR count). The standard InChI is InChI=1S/C7H7N2O/c8-6-3-1-2-5(4-6)7(9)10/h1-2,4H,8H2,(H2,9,10). The summed E-state index contributed by atoms with van der Waals surface area (Å²) < 4.78 is 0. The summed E-state index contributed by atoms with van der Waals surface area (Å²) in [5, 5.41) is 0. The number of amides is 1. The van der Waals surface area contributed by atoms with Gasteiger partial charge >= 0.3 is 0 Å². The zero-order valence-corrected chi connectivity index (χ0v) is 5.29. The number of nitrogen functional groups attached to an aromatic ring is 1. The van der Waals surface area contributed by atoms with Crippen molar-refractivity contribution in [3.05, 3.63) is 29.8 Å². The average Bonchev–Trinajstić information content (AvgIpc) is 1.88. The zero-order chi connectivity index (χ0) is 7.56. The average molecular weight is 135 g/mol. The summed E-state index contributed by atoms with van der Waals surface area (Å²) in [6.07, 6.45) is 0. The Balaban J connectivity index is 3.07. The second kappa shape index (κ2) is 2.39. The fourth-order valence-electron chi connectivity index (χ4n) is 0.638. The second-order valence-corrected chi connectivity index (χ2v) is 1.90. The van der Waals surface area contributed by atoms with E-state index < -0.39 is 5.91 Å². The molecule has 0 bridgehead atoms. The van der Waals surface area contributed by atoms with E-state index in [4.69, 9.17) is 11.5 Å². The van der Waals surface area contributed by atoms with E-state index in [1.165, 1.54) is 6.07 Å². The van der Waals surface area contributed by atoms with Crippen LogP contribution in [0.3, 0.4) is 0 Å². The fourth-order valence-corrected chi connectivity index (χ4v) is 0.638. The molecule has 0 saturated heterocycles. The molecule has 10 heavy (non-hydrogen) atoms. The SMILES string of the molecule is NC(=O)c1cc[c]c(N)c1. The van der Waals surface area contributed by atoms with E-state index >= 15 is 0 Å². The number of carbonyl (C=O) groups excluding carboxylic acids is 1. The summed E-state index contributed by atoms with van der Waals surface area (Å²) in [6, 6.07) is 7.32. The molecule has 0 heterocycles. The van der Waals surface area contributed by atoms with Crippen molar-refractivity contribution in [1.29, 1.82) is 0 Å². The summed E-state index contributed by atoms with van der Waals surface area (Å²) in [6.45, 7) is 0. The molecule has 0 fully saturated rings. The normalized spacial score (nSPS) is 9.20. The number of carbonyl (C=O) groups is 1. The lowest BCUT2D eigenvalue weighted by atomic mass is 10.2. The Hall–Kier alpha value is -1.51. The first kappa shape index (κ1) is 6.61. The molecular formula is C7H7N2O. The maximum Gasteiger partial charge on any atom is 0.248 e. The maximum atomic E-state index is 10.5. The molecule has 51 valence electrons. The van der Waals surface area contributed by atoms with E-state index in [0.29, 0.717) is 11.3 Å². The molecule has 0 aromatic heterocycles. The van der Waals surface area contributed by atoms with Gasteiger partial charge in [0.15, 0.2) is 0 Å². The van der Waals surface area contributed by atoms with Gasteiger partial charge in [0.1, 0.15) is 0 Å². The molecule has 0 aliphatic carbocycles. The third kappa shape index (κ3) is 1.25. The molecule has 0 unspecified atom stereocenters. The van der Waals surface area contributed by atoms with E-state index in [-0.39, 0.29) is 0 Å². The minimum absolute atomic E-state index is 0.413. The van der Waals surface area contributed by atoms with E-state index in [1.807, 2.05) is 0 Å². The van der Waals surface area contributed by atoms with Crippen LogP contribution in [-0.2, 0) is 0 Å². The number of anilines is 1. The molecule has 3 heteroatoms. The van der Waals surface area contributed by atoms with Crippen molar-refractivity contribution in [2.24, 2.45) is 5.73 Å². The quantitative estimate of drug-likeness (QED) is 0.539. The Kier molecular flexibility index (Phi) is 1.58. The molecule has 1 aromatic carbocycles. The summed E-state index contributed by atoms with van der Waals surface area (Å²) in [5.41, 5.74) is 11.1. The van der Waals surface area contributed by atoms with Gasteiger partial charge in [0.25, 0.3) is 0 Å². The highest BCUT2D eigenvalue weighted by Gasteiger charge is 1.97. The molecule has 3 nitrogen and oxygen atoms in total. The number of rotatable bonds is 1. The lowest BCUT2D eigenvalue weighted by Crippen LogP contribution is -2.10. The van der Waals surface area contributed by atoms with E-state index in [9.17, 15) is 4.79 Å². The first-order valence-corrected chi connectivity index (χ1v) is 2.77. The Morgan fingerprint density at radius 2 is 2.30 bits per heavy atom. The van der Waals surface area contributed by atoms with Gasteiger partial charge in [-0.25, -0.2) is 0 Å². The number of hydrogen-bond acceptors (Lipinski definition) is 2. The Morgan fingerprint density at radius 3 is 2.70 bits per heavy atom. The summed E-state index contributed by atoms with van der Waals surface area (Å²) >= 11 is 0. The highest BCUT2D eigenvalue weighted by molar-refractivity contribution is 5.93. The molecular weight excluding hydrogens is 128 g/mol. The van der Waals surface area contributed by atoms with Crippen LogP contribution in [-0.4, -0.2) is 5.91 Å². The molecule has 0 aliphatic rings. The second-order valence-electron chi connectivity index (χ2n) is 1.90. The van der Waals surface area contributed by atoms with E-state index in [2.05, 4.69) is 6.07 Å². The van der Waals surface area contributed by atoms with Crippen molar-refractivity contribution < 1.29 is 4.79 Å². The van der Waals surface area contributed by atoms with E-state index in [0.717, 1.165) is 0 Å². The van der Waals surface area contributed by atoms with Crippen molar-refractivity contribution >= 4 is 11.6 Å². The predicted molar refractivity (Wildman–Crippen MR) is 38.2 cm³/mol. The molecule has 1 amide bonds. The fraction of sp³-hybridized carbons (Fsp3) is 0. The molecule has 0 spiro atoms. The maximum absolute atomic E-state index is 10.5. The van der Waals surface area contributed by atoms with Crippen LogP contribution in [0.1, 0.15) is 10.4 Å². The van der Waals surface area contributed by atoms with Crippen LogP contribution in [0, 0.1) is 6.07 Å². The molecule has 0 atom stereocenters. The smallest absolute Gasteiger partial charge is 0.248 e. The summed E-state index contributed by atoms with van der Waals surface area (Å²) in [5.74, 6) is -0.472. The molecule has 0 saturated carbocycles. The van der Waals surface area contributed by atoms with Crippen molar-refractivity contribution in [2.75, 3.05) is 5.73 Å². The lowest BCUT2D eigenvalue weighted by Gasteiger charge is -1.94. The van der Waals surface area contributed by atoms with Crippen LogP contribution in [0.2, 0.25) is 0 Å². The van der Waals surface area contributed by atoms with Crippen molar-refractivity contribution in [2.45, 2.75) is 0 Å². The van der Waals surface area contributed by atoms with Crippen LogP contribution in [0.25, 0.3) is 0 Å². The third-order valence-electron chi connectivity index (χ3n) is 1.11. The van der Waals surface area contributed by atoms with Gasteiger partial charge in [0, 0.05) is 17.3 Å². The number of nitrogens with two attached hydrogens (primary N) is 2. The van der Waals surface area contributed by atoms with Crippen molar-refractivity contribution in [1.82, 2.24) is 0 Å². The van der Waals surface area contributed by atoms with Gasteiger partial charge in [0.05, 0.1) is 0 Å². The zero-order valence-electron chi connectivity index (χ0n) is 5.29. The summed E-state index contributed by atoms with van der Waals surface area (Å²) in [4.78, 5) is 10.5. The largest absolute Gasteiger partial charge is 0.398 e. The minimum Gasteiger partial charge on any atom is -0.398 e. The number of primary amides is 1. The topological polar surface area (TPSA) is 69.1 Å². The first-order chi connectivity index (χ1) is 4.70. The summed E-state index contributed by atoms with van der Waals surface area (Å²) in [7, 11) is 0.